The fraction of sp³-hybridized carbons (Fsp3) is 0.0909. The van der Waals surface area contributed by atoms with Crippen LogP contribution in [-0.4, -0.2) is 18.9 Å². The Morgan fingerprint density at radius 2 is 1.63 bits per heavy atom. The minimum absolute atomic E-state index is 0.235. The van der Waals surface area contributed by atoms with Crippen LogP contribution in [0.4, 0.5) is 5.69 Å². The molecule has 0 aliphatic heterocycles. The van der Waals surface area contributed by atoms with Gasteiger partial charge in [-0.25, -0.2) is 0 Å². The molecule has 3 aromatic rings. The first-order valence-corrected chi connectivity index (χ1v) is 8.89. The topological polar surface area (TPSA) is 49.4 Å². The summed E-state index contributed by atoms with van der Waals surface area (Å²) in [4.78, 5) is 26.9. The van der Waals surface area contributed by atoms with E-state index < -0.39 is 0 Å². The van der Waals surface area contributed by atoms with Gasteiger partial charge in [0.05, 0.1) is 11.3 Å². The second-order valence-corrected chi connectivity index (χ2v) is 6.50. The Kier molecular flexibility index (Phi) is 5.89. The maximum absolute atomic E-state index is 12.8. The molecule has 0 atom stereocenters. The predicted octanol–water partition coefficient (Wildman–Crippen LogP) is 4.55. The Labute approximate surface area is 163 Å². The fourth-order valence-corrected chi connectivity index (χ4v) is 2.95. The smallest absolute Gasteiger partial charge is 0.258 e. The van der Waals surface area contributed by atoms with Gasteiger partial charge in [0.25, 0.3) is 11.8 Å². The Morgan fingerprint density at radius 3 is 2.37 bits per heavy atom. The first kappa shape index (κ1) is 18.7. The summed E-state index contributed by atoms with van der Waals surface area (Å²) in [6.45, 7) is 0.417. The summed E-state index contributed by atoms with van der Waals surface area (Å²) in [7, 11) is 1.65. The highest BCUT2D eigenvalue weighted by Crippen LogP contribution is 2.22. The third-order valence-corrected chi connectivity index (χ3v) is 4.42. The summed E-state index contributed by atoms with van der Waals surface area (Å²) >= 11 is 5.99. The maximum atomic E-state index is 12.8. The van der Waals surface area contributed by atoms with Crippen molar-refractivity contribution in [3.63, 3.8) is 0 Å². The number of para-hydroxylation sites is 1. The van der Waals surface area contributed by atoms with E-state index in [0.717, 1.165) is 5.56 Å². The number of amides is 2. The van der Waals surface area contributed by atoms with Gasteiger partial charge in [0.15, 0.2) is 0 Å². The number of hydrogen-bond acceptors (Lipinski definition) is 2. The molecular weight excluding hydrogens is 360 g/mol. The van der Waals surface area contributed by atoms with E-state index in [1.165, 1.54) is 4.90 Å². The molecule has 0 saturated carbocycles. The van der Waals surface area contributed by atoms with Gasteiger partial charge in [0, 0.05) is 24.2 Å². The standard InChI is InChI=1S/C22H19ClN2O2/c1-25(22(27)17-10-7-11-18(23)14-17)20-13-6-5-12-19(20)21(26)24-15-16-8-3-2-4-9-16/h2-14H,15H2,1H3,(H,24,26). The quantitative estimate of drug-likeness (QED) is 0.708. The number of carbonyl (C=O) groups excluding carboxylic acids is 2. The van der Waals surface area contributed by atoms with Crippen LogP contribution >= 0.6 is 11.6 Å². The van der Waals surface area contributed by atoms with Crippen molar-refractivity contribution in [2.75, 3.05) is 11.9 Å². The number of hydrogen-bond donors (Lipinski definition) is 1. The van der Waals surface area contributed by atoms with Crippen LogP contribution in [-0.2, 0) is 6.54 Å². The number of anilines is 1. The van der Waals surface area contributed by atoms with Gasteiger partial charge in [-0.15, -0.1) is 0 Å². The van der Waals surface area contributed by atoms with Gasteiger partial charge in [-0.05, 0) is 35.9 Å². The van der Waals surface area contributed by atoms with Gasteiger partial charge in [0.1, 0.15) is 0 Å². The minimum atomic E-state index is -0.236. The summed E-state index contributed by atoms with van der Waals surface area (Å²) in [5.74, 6) is -0.471. The minimum Gasteiger partial charge on any atom is -0.348 e. The van der Waals surface area contributed by atoms with Crippen LogP contribution in [0.5, 0.6) is 0 Å². The summed E-state index contributed by atoms with van der Waals surface area (Å²) < 4.78 is 0. The summed E-state index contributed by atoms with van der Waals surface area (Å²) in [6, 6.07) is 23.4. The van der Waals surface area contributed by atoms with Crippen LogP contribution in [0.25, 0.3) is 0 Å². The van der Waals surface area contributed by atoms with Gasteiger partial charge in [0.2, 0.25) is 0 Å². The molecule has 27 heavy (non-hydrogen) atoms. The molecule has 0 spiro atoms. The third-order valence-electron chi connectivity index (χ3n) is 4.18. The molecule has 0 saturated heterocycles. The van der Waals surface area contributed by atoms with Gasteiger partial charge in [-0.1, -0.05) is 60.1 Å². The van der Waals surface area contributed by atoms with E-state index in [0.29, 0.717) is 28.4 Å². The molecule has 3 rings (SSSR count). The molecule has 2 amide bonds. The lowest BCUT2D eigenvalue weighted by Crippen LogP contribution is -2.30. The highest BCUT2D eigenvalue weighted by Gasteiger charge is 2.19. The van der Waals surface area contributed by atoms with Gasteiger partial charge in [-0.3, -0.25) is 9.59 Å². The lowest BCUT2D eigenvalue weighted by Gasteiger charge is -2.20. The molecule has 0 fully saturated rings. The van der Waals surface area contributed by atoms with Crippen LogP contribution < -0.4 is 10.2 Å². The highest BCUT2D eigenvalue weighted by molar-refractivity contribution is 6.31. The molecular formula is C22H19ClN2O2. The van der Waals surface area contributed by atoms with E-state index in [1.807, 2.05) is 30.3 Å². The Balaban J connectivity index is 1.80. The first-order valence-electron chi connectivity index (χ1n) is 8.51. The second kappa shape index (κ2) is 8.52. The lowest BCUT2D eigenvalue weighted by molar-refractivity contribution is 0.0951. The number of benzene rings is 3. The van der Waals surface area contributed by atoms with Crippen LogP contribution in [0.3, 0.4) is 0 Å². The van der Waals surface area contributed by atoms with E-state index >= 15 is 0 Å². The molecule has 0 bridgehead atoms. The van der Waals surface area contributed by atoms with Crippen LogP contribution in [0.2, 0.25) is 5.02 Å². The van der Waals surface area contributed by atoms with Crippen LogP contribution in [0, 0.1) is 0 Å². The van der Waals surface area contributed by atoms with Gasteiger partial charge < -0.3 is 10.2 Å². The Morgan fingerprint density at radius 1 is 0.926 bits per heavy atom. The molecule has 0 aliphatic carbocycles. The van der Waals surface area contributed by atoms with E-state index in [1.54, 1.807) is 55.6 Å². The second-order valence-electron chi connectivity index (χ2n) is 6.06. The molecule has 0 aliphatic rings. The van der Waals surface area contributed by atoms with E-state index in [2.05, 4.69) is 5.32 Å². The average Bonchev–Trinajstić information content (AvgIpc) is 2.71. The number of nitrogens with zero attached hydrogens (tertiary/aromatic N) is 1. The Bertz CT molecular complexity index is 957. The largest absolute Gasteiger partial charge is 0.348 e. The van der Waals surface area contributed by atoms with E-state index in [4.69, 9.17) is 11.6 Å². The summed E-state index contributed by atoms with van der Waals surface area (Å²) in [5.41, 5.74) is 2.44. The molecule has 0 unspecified atom stereocenters. The molecule has 4 nitrogen and oxygen atoms in total. The zero-order valence-electron chi connectivity index (χ0n) is 14.9. The number of rotatable bonds is 5. The van der Waals surface area contributed by atoms with E-state index in [-0.39, 0.29) is 11.8 Å². The van der Waals surface area contributed by atoms with Crippen molar-refractivity contribution in [1.29, 1.82) is 0 Å². The first-order chi connectivity index (χ1) is 13.1. The van der Waals surface area contributed by atoms with Gasteiger partial charge in [-0.2, -0.15) is 0 Å². The lowest BCUT2D eigenvalue weighted by atomic mass is 10.1. The van der Waals surface area contributed by atoms with Crippen molar-refractivity contribution in [1.82, 2.24) is 5.32 Å². The molecule has 0 aromatic heterocycles. The summed E-state index contributed by atoms with van der Waals surface area (Å²) in [5, 5.41) is 3.39. The number of nitrogens with one attached hydrogen (secondary N) is 1. The fourth-order valence-electron chi connectivity index (χ4n) is 2.76. The SMILES string of the molecule is CN(C(=O)c1cccc(Cl)c1)c1ccccc1C(=O)NCc1ccccc1. The van der Waals surface area contributed by atoms with Crippen molar-refractivity contribution in [3.8, 4) is 0 Å². The maximum Gasteiger partial charge on any atom is 0.258 e. The van der Waals surface area contributed by atoms with Gasteiger partial charge >= 0.3 is 0 Å². The molecule has 0 radical (unpaired) electrons. The highest BCUT2D eigenvalue weighted by atomic mass is 35.5. The van der Waals surface area contributed by atoms with Crippen molar-refractivity contribution < 1.29 is 9.59 Å². The Hall–Kier alpha value is -3.11. The molecule has 5 heteroatoms. The average molecular weight is 379 g/mol. The van der Waals surface area contributed by atoms with Crippen molar-refractivity contribution in [2.45, 2.75) is 6.54 Å². The molecule has 3 aromatic carbocycles. The molecule has 1 N–H and O–H groups in total. The van der Waals surface area contributed by atoms with Crippen LogP contribution in [0.1, 0.15) is 26.3 Å². The number of carbonyl (C=O) groups is 2. The zero-order chi connectivity index (χ0) is 19.2. The predicted molar refractivity (Wildman–Crippen MR) is 108 cm³/mol. The molecule has 136 valence electrons. The number of halogens is 1. The van der Waals surface area contributed by atoms with Crippen molar-refractivity contribution >= 4 is 29.1 Å². The van der Waals surface area contributed by atoms with Crippen molar-refractivity contribution in [3.05, 3.63) is 101 Å². The monoisotopic (exact) mass is 378 g/mol. The molecule has 0 heterocycles. The van der Waals surface area contributed by atoms with E-state index in [9.17, 15) is 9.59 Å². The summed E-state index contributed by atoms with van der Waals surface area (Å²) in [6.07, 6.45) is 0. The van der Waals surface area contributed by atoms with Crippen LogP contribution in [0.15, 0.2) is 78.9 Å². The van der Waals surface area contributed by atoms with Crippen molar-refractivity contribution in [2.24, 2.45) is 0 Å². The normalized spacial score (nSPS) is 10.3. The zero-order valence-corrected chi connectivity index (χ0v) is 15.6. The third kappa shape index (κ3) is 4.54.